The Balaban J connectivity index is 0.000000199. The van der Waals surface area contributed by atoms with Gasteiger partial charge in [-0.3, -0.25) is 68.8 Å². The number of ether oxygens (including phenoxy) is 1. The van der Waals surface area contributed by atoms with E-state index in [2.05, 4.69) is 237 Å². The molecule has 15 heterocycles. The summed E-state index contributed by atoms with van der Waals surface area (Å²) in [5, 5.41) is 36.2. The Kier molecular flexibility index (Phi) is 56.3. The van der Waals surface area contributed by atoms with Crippen LogP contribution in [0.3, 0.4) is 0 Å². The van der Waals surface area contributed by atoms with Crippen LogP contribution in [0.5, 0.6) is 0 Å². The van der Waals surface area contributed by atoms with Crippen LogP contribution < -0.4 is 21.3 Å². The fourth-order valence-electron chi connectivity index (χ4n) is 17.0. The van der Waals surface area contributed by atoms with Gasteiger partial charge in [-0.15, -0.1) is 49.3 Å². The van der Waals surface area contributed by atoms with Gasteiger partial charge in [-0.2, -0.15) is 0 Å². The molecule has 1 saturated carbocycles. The molecule has 0 spiro atoms. The number of nitrogens with one attached hydrogen (secondary N) is 4. The van der Waals surface area contributed by atoms with Gasteiger partial charge in [0, 0.05) is 222 Å². The lowest BCUT2D eigenvalue weighted by molar-refractivity contribution is 0.0238. The van der Waals surface area contributed by atoms with Crippen LogP contribution in [-0.4, -0.2) is 376 Å². The van der Waals surface area contributed by atoms with E-state index in [1.54, 1.807) is 59.9 Å². The molecule has 0 bridgehead atoms. The van der Waals surface area contributed by atoms with Gasteiger partial charge in [0.05, 0.1) is 43.7 Å². The fourth-order valence-corrected chi connectivity index (χ4v) is 21.7. The zero-order chi connectivity index (χ0) is 107. The number of piperazine rings is 3. The summed E-state index contributed by atoms with van der Waals surface area (Å²) in [6, 6.07) is 40.6. The van der Waals surface area contributed by atoms with E-state index in [0.29, 0.717) is 81.4 Å². The van der Waals surface area contributed by atoms with Crippen molar-refractivity contribution in [1.82, 2.24) is 89.8 Å². The number of halogens is 1. The van der Waals surface area contributed by atoms with Crippen molar-refractivity contribution in [3.63, 3.8) is 0 Å². The number of rotatable bonds is 19. The molecule has 19 rings (SSSR count). The average molecular weight is 2150 g/mol. The molecule has 147 heavy (non-hydrogen) atoms. The summed E-state index contributed by atoms with van der Waals surface area (Å²) < 4.78 is 55.0. The molecule has 31 nitrogen and oxygen atoms in total. The lowest BCUT2D eigenvalue weighted by atomic mass is 10.1. The maximum atomic E-state index is 12.1. The Bertz CT molecular complexity index is 5070. The van der Waals surface area contributed by atoms with E-state index in [9.17, 15) is 27.0 Å². The van der Waals surface area contributed by atoms with Crippen LogP contribution in [0.25, 0.3) is 32.3 Å². The number of morpholine rings is 1. The van der Waals surface area contributed by atoms with E-state index >= 15 is 0 Å². The van der Waals surface area contributed by atoms with E-state index in [1.165, 1.54) is 179 Å². The number of piperidine rings is 1. The normalized spacial score (nSPS) is 18.5. The number of amides is 3. The number of aromatic nitrogens is 6. The molecule has 0 radical (unpaired) electrons. The van der Waals surface area contributed by atoms with Crippen molar-refractivity contribution >= 4 is 102 Å². The number of thiophene rings is 3. The number of likely N-dealkylation sites (N-methyl/N-ethyl adjacent to an activating group) is 1. The minimum absolute atomic E-state index is 0.0565. The Morgan fingerprint density at radius 2 is 0.735 bits per heavy atom. The van der Waals surface area contributed by atoms with Gasteiger partial charge in [0.2, 0.25) is 0 Å². The summed E-state index contributed by atoms with van der Waals surface area (Å²) in [6.07, 6.45) is 11.4. The summed E-state index contributed by atoms with van der Waals surface area (Å²) >= 11 is 10.2. The number of sulfone groups is 1. The van der Waals surface area contributed by atoms with Gasteiger partial charge in [0.1, 0.15) is 0 Å². The first kappa shape index (κ1) is 125. The summed E-state index contributed by atoms with van der Waals surface area (Å²) in [5.74, 6) is 2.73. The SMILES string of the molecule is CC(C)N1CCC1.CC(C)N1CCCC1.CC(C)N1CCCCC1.CC(C)N1CCN(C)CC1.CC(C)N1CCN(C2CC2)CC1.CC(C)N1CCNCC1.CC(C)N1CCOCC1.CC(C)N1CCS(=O)(=O)CC1.CC(C)N1CCS(=O)CC1.Cc1cccc(C(=O)Nc2nnc(-c3ccc(C)s3)o2)c1.Cc1cccc(C(=O)Nc2nnc(-c3ccc(Cl)s3)o2)c1.Cc1cccc(C(=O)Nc2nnc(-c3cccs3)o2)c1. The van der Waals surface area contributed by atoms with Crippen molar-refractivity contribution in [2.75, 3.05) is 216 Å². The van der Waals surface area contributed by atoms with Gasteiger partial charge in [-0.25, -0.2) is 8.42 Å². The standard InChI is InChI=1S/C15H13N3O2S.C14H10ClN3O2S.C14H11N3O2S.C10H20N2.C8H18N2.C8H17N.C7H16N2.C7H15NO2S.C7H15NOS.C7H15NO.C7H15N.C6H13N/c1-9-4-3-5-11(8-9)13(19)16-15-18-17-14(20-15)12-7-6-10(2)21-12;1-8-3-2-4-9(7-8)12(19)16-14-18-17-13(20-14)10-5-6-11(15)21-10;1-9-4-2-5-10(8-9)12(18)15-14-17-16-13(19-14)11-6-3-7-20-11;1-9(2)11-5-7-12(8-6-11)10-3-4-10;1-8(2)10-6-4-9(3)5-7-10;1-8(2)9-6-4-3-5-7-9;1-7(2)9-5-3-8-4-6-9;1-7(2)8-3-5-11(9,10)6-4-8;1-7(2)8-3-5-10(9)6-4-8;1-7(2)8-3-5-9-6-4-8;1-7(2)8-5-3-4-6-8;1-6(2)7-4-3-5-7/h3-8H,1-2H3,(H,16,18,19);2-7H,1H3,(H,16,18,19);2-8H,1H3,(H,15,17,18);9-10H,3-8H2,1-2H3;8H,4-7H2,1-3H3;8H,3-7H2,1-2H3;7-8H,3-6H2,1-2H3;7H,3-6H2,1-2H3;7H,3-6H2,1-2H3;7H,3-6H2,1-2H3;7H,3-6H2,1-2H3;6H,3-5H2,1-2H3. The number of likely N-dealkylation sites (tertiary alicyclic amines) is 3. The number of carbonyl (C=O) groups excluding carboxylic acids is 3. The zero-order valence-corrected chi connectivity index (χ0v) is 97.6. The first-order valence-electron chi connectivity index (χ1n) is 53.6. The Morgan fingerprint density at radius 1 is 0.388 bits per heavy atom. The van der Waals surface area contributed by atoms with Crippen LogP contribution in [0, 0.1) is 27.7 Å². The van der Waals surface area contributed by atoms with Crippen molar-refractivity contribution in [3.05, 3.63) is 157 Å². The molecule has 10 fully saturated rings. The Hall–Kier alpha value is -7.54. The third-order valence-corrected chi connectivity index (χ3v) is 32.9. The van der Waals surface area contributed by atoms with Crippen LogP contribution in [0.4, 0.5) is 18.0 Å². The average Bonchev–Trinajstić information content (AvgIpc) is 1.72. The van der Waals surface area contributed by atoms with Crippen molar-refractivity contribution in [2.24, 2.45) is 0 Å². The van der Waals surface area contributed by atoms with Gasteiger partial charge in [-0.1, -0.05) is 92.5 Å². The Labute approximate surface area is 900 Å². The number of nitrogens with zero attached hydrogens (tertiary/aromatic N) is 17. The molecule has 0 unspecified atom stereocenters. The van der Waals surface area contributed by atoms with Crippen LogP contribution in [-0.2, 0) is 25.4 Å². The molecule has 1 aliphatic carbocycles. The molecule has 0 atom stereocenters. The predicted molar refractivity (Wildman–Crippen MR) is 610 cm³/mol. The first-order valence-corrected chi connectivity index (χ1v) is 59.8. The number of aryl methyl sites for hydroxylation is 4. The quantitative estimate of drug-likeness (QED) is 0.0584. The molecule has 6 aromatic heterocycles. The van der Waals surface area contributed by atoms with E-state index in [0.717, 1.165) is 142 Å². The molecule has 9 saturated heterocycles. The highest BCUT2D eigenvalue weighted by atomic mass is 35.5. The highest BCUT2D eigenvalue weighted by Crippen LogP contribution is 2.33. The summed E-state index contributed by atoms with van der Waals surface area (Å²) in [5.41, 5.74) is 4.68. The zero-order valence-electron chi connectivity index (χ0n) is 92.7. The minimum Gasteiger partial charge on any atom is -0.402 e. The van der Waals surface area contributed by atoms with Crippen molar-refractivity contribution in [2.45, 2.75) is 264 Å². The maximum absolute atomic E-state index is 12.1. The third-order valence-electron chi connectivity index (χ3n) is 27.0. The third kappa shape index (κ3) is 47.7. The van der Waals surface area contributed by atoms with Gasteiger partial charge in [-0.05, 0) is 316 Å². The second-order valence-electron chi connectivity index (χ2n) is 41.4. The number of hydrogen-bond donors (Lipinski definition) is 4. The molecule has 10 aliphatic rings. The Morgan fingerprint density at radius 3 is 1.06 bits per heavy atom. The van der Waals surface area contributed by atoms with Crippen LogP contribution in [0.1, 0.15) is 229 Å². The van der Waals surface area contributed by atoms with E-state index in [1.807, 2.05) is 93.7 Å². The maximum Gasteiger partial charge on any atom is 0.322 e. The van der Waals surface area contributed by atoms with E-state index in [4.69, 9.17) is 29.6 Å². The fraction of sp³-hybridized carbons (Fsp3) is 0.645. The molecule has 3 aromatic carbocycles. The first-order chi connectivity index (χ1) is 70.2. The second-order valence-corrected chi connectivity index (χ2v) is 49.4. The molecule has 37 heteroatoms. The lowest BCUT2D eigenvalue weighted by Gasteiger charge is -2.37. The van der Waals surface area contributed by atoms with Gasteiger partial charge in [0.25, 0.3) is 35.4 Å². The summed E-state index contributed by atoms with van der Waals surface area (Å²) in [4.78, 5) is 67.1. The summed E-state index contributed by atoms with van der Waals surface area (Å²) in [6.45, 7) is 78.5. The number of hydrogen-bond acceptors (Lipinski definition) is 31. The molecular formula is C110H178ClN21O10S5. The molecule has 9 aliphatic heterocycles. The van der Waals surface area contributed by atoms with E-state index in [-0.39, 0.29) is 35.8 Å². The van der Waals surface area contributed by atoms with Crippen molar-refractivity contribution in [3.8, 4) is 32.3 Å². The van der Waals surface area contributed by atoms with Crippen LogP contribution >= 0.6 is 45.6 Å². The number of carbonyl (C=O) groups is 3. The smallest absolute Gasteiger partial charge is 0.322 e. The predicted octanol–water partition coefficient (Wildman–Crippen LogP) is 18.9. The topological polar surface area (TPSA) is 312 Å². The van der Waals surface area contributed by atoms with Gasteiger partial charge < -0.3 is 42.9 Å². The number of anilines is 3. The monoisotopic (exact) mass is 2150 g/mol. The molecular weight excluding hydrogens is 1970 g/mol. The molecule has 9 aromatic rings. The van der Waals surface area contributed by atoms with Gasteiger partial charge in [0.15, 0.2) is 9.84 Å². The van der Waals surface area contributed by atoms with Crippen LogP contribution in [0.2, 0.25) is 4.34 Å². The molecule has 820 valence electrons. The van der Waals surface area contributed by atoms with E-state index < -0.39 is 20.6 Å². The molecule has 3 amide bonds. The highest BCUT2D eigenvalue weighted by molar-refractivity contribution is 7.91. The van der Waals surface area contributed by atoms with Crippen molar-refractivity contribution < 1.29 is 45.0 Å². The second kappa shape index (κ2) is 66.4. The van der Waals surface area contributed by atoms with Crippen molar-refractivity contribution in [1.29, 1.82) is 0 Å². The largest absolute Gasteiger partial charge is 0.402 e. The van der Waals surface area contributed by atoms with Crippen LogP contribution in [0.15, 0.2) is 128 Å². The van der Waals surface area contributed by atoms with Gasteiger partial charge >= 0.3 is 18.0 Å². The minimum atomic E-state index is -2.69. The summed E-state index contributed by atoms with van der Waals surface area (Å²) in [7, 11) is -1.02. The number of benzene rings is 3. The highest BCUT2D eigenvalue weighted by Gasteiger charge is 2.32. The lowest BCUT2D eigenvalue weighted by Crippen LogP contribution is -2.49. The molecule has 4 N–H and O–H groups in total.